The molecule has 22 heavy (non-hydrogen) atoms. The molecule has 3 aromatic rings. The summed E-state index contributed by atoms with van der Waals surface area (Å²) in [5, 5.41) is 27.4. The van der Waals surface area contributed by atoms with Gasteiger partial charge in [0.25, 0.3) is 0 Å². The lowest BCUT2D eigenvalue weighted by molar-refractivity contribution is 0.475. The maximum Gasteiger partial charge on any atom is 0.183 e. The van der Waals surface area contributed by atoms with Gasteiger partial charge in [-0.15, -0.1) is 11.3 Å². The zero-order valence-corrected chi connectivity index (χ0v) is 13.7. The average Bonchev–Trinajstić information content (AvgIpc) is 2.90. The smallest absolute Gasteiger partial charge is 0.183 e. The Hall–Kier alpha value is -1.98. The molecule has 6 heteroatoms. The molecule has 0 atom stereocenters. The van der Waals surface area contributed by atoms with Crippen molar-refractivity contribution in [2.24, 2.45) is 0 Å². The number of nitrogens with one attached hydrogen (secondary N) is 1. The van der Waals surface area contributed by atoms with E-state index >= 15 is 0 Å². The highest BCUT2D eigenvalue weighted by molar-refractivity contribution is 7.14. The predicted octanol–water partition coefficient (Wildman–Crippen LogP) is 4.85. The Morgan fingerprint density at radius 3 is 2.64 bits per heavy atom. The highest BCUT2D eigenvalue weighted by Gasteiger charge is 2.12. The topological polar surface area (TPSA) is 65.4 Å². The summed E-state index contributed by atoms with van der Waals surface area (Å²) in [4.78, 5) is 4.51. The van der Waals surface area contributed by atoms with Crippen molar-refractivity contribution in [1.82, 2.24) is 4.98 Å². The molecular weight excluding hydrogens is 320 g/mol. The molecule has 0 amide bonds. The Kier molecular flexibility index (Phi) is 3.85. The fourth-order valence-electron chi connectivity index (χ4n) is 2.24. The predicted molar refractivity (Wildman–Crippen MR) is 92.2 cm³/mol. The van der Waals surface area contributed by atoms with Crippen LogP contribution in [0.15, 0.2) is 29.6 Å². The molecule has 0 radical (unpaired) electrons. The number of phenolic OH excluding ortho intramolecular Hbond substituents is 2. The fourth-order valence-corrected chi connectivity index (χ4v) is 3.32. The average molecular weight is 335 g/mol. The van der Waals surface area contributed by atoms with Crippen LogP contribution in [0, 0.1) is 0 Å². The van der Waals surface area contributed by atoms with Gasteiger partial charge in [-0.25, -0.2) is 4.98 Å². The second-order valence-electron chi connectivity index (χ2n) is 5.33. The van der Waals surface area contributed by atoms with Gasteiger partial charge in [0, 0.05) is 27.8 Å². The van der Waals surface area contributed by atoms with Gasteiger partial charge in [-0.3, -0.25) is 0 Å². The number of phenols is 2. The van der Waals surface area contributed by atoms with E-state index in [-0.39, 0.29) is 16.5 Å². The van der Waals surface area contributed by atoms with Crippen molar-refractivity contribution in [1.29, 1.82) is 0 Å². The largest absolute Gasteiger partial charge is 0.507 e. The minimum atomic E-state index is -0.00819. The first kappa shape index (κ1) is 14.9. The molecule has 0 aliphatic carbocycles. The van der Waals surface area contributed by atoms with Gasteiger partial charge in [0.2, 0.25) is 0 Å². The van der Waals surface area contributed by atoms with Crippen LogP contribution in [0.2, 0.25) is 5.02 Å². The molecule has 2 aromatic carbocycles. The number of nitrogens with zero attached hydrogens (tertiary/aromatic N) is 1. The van der Waals surface area contributed by atoms with Crippen LogP contribution in [0.4, 0.5) is 5.13 Å². The number of hydrogen-bond donors (Lipinski definition) is 3. The normalized spacial score (nSPS) is 11.3. The van der Waals surface area contributed by atoms with E-state index in [1.165, 1.54) is 17.4 Å². The van der Waals surface area contributed by atoms with Crippen molar-refractivity contribution in [3.05, 3.63) is 34.7 Å². The fraction of sp³-hybridized carbons (Fsp3) is 0.188. The Morgan fingerprint density at radius 1 is 1.14 bits per heavy atom. The Bertz CT molecular complexity index is 846. The number of benzene rings is 2. The number of halogens is 1. The van der Waals surface area contributed by atoms with Gasteiger partial charge in [-0.05, 0) is 38.1 Å². The van der Waals surface area contributed by atoms with Crippen LogP contribution in [0.3, 0.4) is 0 Å². The summed E-state index contributed by atoms with van der Waals surface area (Å²) in [6, 6.07) is 6.89. The molecule has 0 fully saturated rings. The highest BCUT2D eigenvalue weighted by Crippen LogP contribution is 2.39. The molecule has 3 N–H and O–H groups in total. The standard InChI is InChI=1S/C16H15ClN2O2S/c1-8(2)18-16-19-12(7-22-16)9-5-11-10(14(21)6-9)3-4-13(20)15(11)17/h3-8,20-21H,1-2H3,(H,18,19). The molecule has 0 bridgehead atoms. The molecule has 0 saturated carbocycles. The molecule has 114 valence electrons. The van der Waals surface area contributed by atoms with Crippen molar-refractivity contribution < 1.29 is 10.2 Å². The molecule has 0 saturated heterocycles. The van der Waals surface area contributed by atoms with E-state index in [0.717, 1.165) is 16.4 Å². The summed E-state index contributed by atoms with van der Waals surface area (Å²) in [5.41, 5.74) is 1.51. The first-order valence-corrected chi connectivity index (χ1v) is 8.08. The van der Waals surface area contributed by atoms with Crippen molar-refractivity contribution >= 4 is 38.8 Å². The lowest BCUT2D eigenvalue weighted by atomic mass is 10.0. The summed E-state index contributed by atoms with van der Waals surface area (Å²) in [7, 11) is 0. The number of aromatic hydroxyl groups is 2. The second-order valence-corrected chi connectivity index (χ2v) is 6.56. The van der Waals surface area contributed by atoms with E-state index in [1.54, 1.807) is 12.1 Å². The number of fused-ring (bicyclic) bond motifs is 1. The molecular formula is C16H15ClN2O2S. The first-order valence-electron chi connectivity index (χ1n) is 6.82. The van der Waals surface area contributed by atoms with Gasteiger partial charge in [-0.2, -0.15) is 0 Å². The molecule has 0 aliphatic rings. The van der Waals surface area contributed by atoms with Gasteiger partial charge in [-0.1, -0.05) is 11.6 Å². The number of anilines is 1. The lowest BCUT2D eigenvalue weighted by Gasteiger charge is -2.08. The third-order valence-corrected chi connectivity index (χ3v) is 4.41. The number of aromatic nitrogens is 1. The van der Waals surface area contributed by atoms with Crippen molar-refractivity contribution in [2.75, 3.05) is 5.32 Å². The van der Waals surface area contributed by atoms with Crippen molar-refractivity contribution in [2.45, 2.75) is 19.9 Å². The van der Waals surface area contributed by atoms with E-state index in [4.69, 9.17) is 11.6 Å². The van der Waals surface area contributed by atoms with E-state index in [9.17, 15) is 10.2 Å². The zero-order chi connectivity index (χ0) is 15.9. The maximum absolute atomic E-state index is 10.2. The van der Waals surface area contributed by atoms with Gasteiger partial charge in [0.1, 0.15) is 11.5 Å². The van der Waals surface area contributed by atoms with E-state index in [2.05, 4.69) is 10.3 Å². The molecule has 1 aromatic heterocycles. The van der Waals surface area contributed by atoms with Crippen LogP contribution >= 0.6 is 22.9 Å². The Morgan fingerprint density at radius 2 is 1.91 bits per heavy atom. The molecule has 0 spiro atoms. The van der Waals surface area contributed by atoms with E-state index in [1.807, 2.05) is 25.3 Å². The number of thiazole rings is 1. The monoisotopic (exact) mass is 334 g/mol. The summed E-state index contributed by atoms with van der Waals surface area (Å²) < 4.78 is 0. The zero-order valence-electron chi connectivity index (χ0n) is 12.1. The summed E-state index contributed by atoms with van der Waals surface area (Å²) in [6.07, 6.45) is 0. The second kappa shape index (κ2) is 5.66. The highest BCUT2D eigenvalue weighted by atomic mass is 35.5. The summed E-state index contributed by atoms with van der Waals surface area (Å²) in [5.74, 6) is 0.104. The lowest BCUT2D eigenvalue weighted by Crippen LogP contribution is -2.08. The Labute approximate surface area is 137 Å². The number of hydrogen-bond acceptors (Lipinski definition) is 5. The molecule has 0 aliphatic heterocycles. The maximum atomic E-state index is 10.2. The first-order chi connectivity index (χ1) is 10.5. The molecule has 1 heterocycles. The van der Waals surface area contributed by atoms with E-state index < -0.39 is 0 Å². The van der Waals surface area contributed by atoms with Crippen LogP contribution in [0.1, 0.15) is 13.8 Å². The van der Waals surface area contributed by atoms with Crippen LogP contribution in [0.5, 0.6) is 11.5 Å². The van der Waals surface area contributed by atoms with Crippen molar-refractivity contribution in [3.63, 3.8) is 0 Å². The SMILES string of the molecule is CC(C)Nc1nc(-c2cc(O)c3ccc(O)c(Cl)c3c2)cs1. The molecule has 3 rings (SSSR count). The summed E-state index contributed by atoms with van der Waals surface area (Å²) in [6.45, 7) is 4.09. The minimum Gasteiger partial charge on any atom is -0.507 e. The van der Waals surface area contributed by atoms with Gasteiger partial charge >= 0.3 is 0 Å². The molecule has 4 nitrogen and oxygen atoms in total. The van der Waals surface area contributed by atoms with Gasteiger partial charge in [0.15, 0.2) is 5.13 Å². The quantitative estimate of drug-likeness (QED) is 0.640. The third kappa shape index (κ3) is 2.69. The van der Waals surface area contributed by atoms with Crippen LogP contribution in [-0.2, 0) is 0 Å². The third-order valence-electron chi connectivity index (χ3n) is 3.24. The van der Waals surface area contributed by atoms with Crippen LogP contribution in [0.25, 0.3) is 22.0 Å². The van der Waals surface area contributed by atoms with Gasteiger partial charge in [0.05, 0.1) is 10.7 Å². The Balaban J connectivity index is 2.11. The van der Waals surface area contributed by atoms with Gasteiger partial charge < -0.3 is 15.5 Å². The number of rotatable bonds is 3. The van der Waals surface area contributed by atoms with Crippen LogP contribution in [-0.4, -0.2) is 21.2 Å². The van der Waals surface area contributed by atoms with Crippen molar-refractivity contribution in [3.8, 4) is 22.8 Å². The summed E-state index contributed by atoms with van der Waals surface area (Å²) >= 11 is 7.65. The minimum absolute atomic E-state index is 0.00819. The van der Waals surface area contributed by atoms with Crippen LogP contribution < -0.4 is 5.32 Å². The van der Waals surface area contributed by atoms with E-state index in [0.29, 0.717) is 16.8 Å². The molecule has 0 unspecified atom stereocenters.